The largest absolute Gasteiger partial charge is 0.337 e. The number of hydrogen-bond acceptors (Lipinski definition) is 4. The second kappa shape index (κ2) is 7.40. The van der Waals surface area contributed by atoms with E-state index >= 15 is 0 Å². The highest BCUT2D eigenvalue weighted by Crippen LogP contribution is 2.33. The Labute approximate surface area is 162 Å². The summed E-state index contributed by atoms with van der Waals surface area (Å²) in [6, 6.07) is 14.6. The van der Waals surface area contributed by atoms with Crippen molar-refractivity contribution in [1.29, 1.82) is 0 Å². The average Bonchev–Trinajstić information content (AvgIpc) is 3.33. The Kier molecular flexibility index (Phi) is 4.81. The average molecular weight is 383 g/mol. The predicted octanol–water partition coefficient (Wildman–Crippen LogP) is 5.07. The summed E-state index contributed by atoms with van der Waals surface area (Å²) < 4.78 is 5.47. The molecular weight excluding hydrogens is 364 g/mol. The number of likely N-dealkylation sites (tertiary alicyclic amines) is 1. The molecule has 1 N–H and O–H groups in total. The first-order valence-corrected chi connectivity index (χ1v) is 9.22. The molecule has 1 saturated heterocycles. The lowest BCUT2D eigenvalue weighted by Gasteiger charge is -2.22. The third-order valence-electron chi connectivity index (χ3n) is 4.71. The Balaban J connectivity index is 1.53. The van der Waals surface area contributed by atoms with E-state index in [1.165, 1.54) is 0 Å². The van der Waals surface area contributed by atoms with E-state index in [9.17, 15) is 4.79 Å². The standard InChI is InChI=1S/C20H19ClN4O2/c1-13-6-2-3-9-16(13)22-20(26)25-11-5-10-17(25)19-23-18(24-27-19)14-7-4-8-15(21)12-14/h2-4,6-9,12,17H,5,10-11H2,1H3,(H,22,26)/t17-/m1/s1. The van der Waals surface area contributed by atoms with Gasteiger partial charge in [-0.2, -0.15) is 4.98 Å². The van der Waals surface area contributed by atoms with Crippen molar-refractivity contribution in [2.24, 2.45) is 0 Å². The lowest BCUT2D eigenvalue weighted by molar-refractivity contribution is 0.193. The topological polar surface area (TPSA) is 71.3 Å². The van der Waals surface area contributed by atoms with Gasteiger partial charge < -0.3 is 14.7 Å². The van der Waals surface area contributed by atoms with Crippen LogP contribution < -0.4 is 5.32 Å². The molecular formula is C20H19ClN4O2. The summed E-state index contributed by atoms with van der Waals surface area (Å²) in [5.41, 5.74) is 2.60. The van der Waals surface area contributed by atoms with Crippen LogP contribution in [0.3, 0.4) is 0 Å². The summed E-state index contributed by atoms with van der Waals surface area (Å²) in [6.45, 7) is 2.61. The van der Waals surface area contributed by atoms with E-state index in [1.54, 1.807) is 17.0 Å². The Hall–Kier alpha value is -2.86. The Morgan fingerprint density at radius 3 is 2.93 bits per heavy atom. The third-order valence-corrected chi connectivity index (χ3v) is 4.95. The first-order valence-electron chi connectivity index (χ1n) is 8.84. The van der Waals surface area contributed by atoms with Crippen LogP contribution in [0.25, 0.3) is 11.4 Å². The summed E-state index contributed by atoms with van der Waals surface area (Å²) in [4.78, 5) is 19.0. The Bertz CT molecular complexity index is 972. The van der Waals surface area contributed by atoms with E-state index in [1.807, 2.05) is 43.3 Å². The number of anilines is 1. The first-order chi connectivity index (χ1) is 13.1. The van der Waals surface area contributed by atoms with Gasteiger partial charge in [0.05, 0.1) is 0 Å². The number of nitrogens with one attached hydrogen (secondary N) is 1. The zero-order valence-corrected chi connectivity index (χ0v) is 15.6. The molecule has 0 unspecified atom stereocenters. The number of halogens is 1. The number of urea groups is 1. The van der Waals surface area contributed by atoms with Crippen molar-refractivity contribution in [2.75, 3.05) is 11.9 Å². The molecule has 1 aliphatic heterocycles. The number of benzene rings is 2. The molecule has 0 spiro atoms. The molecule has 7 heteroatoms. The van der Waals surface area contributed by atoms with Gasteiger partial charge >= 0.3 is 6.03 Å². The van der Waals surface area contributed by atoms with Crippen molar-refractivity contribution >= 4 is 23.3 Å². The normalized spacial score (nSPS) is 16.5. The van der Waals surface area contributed by atoms with Crippen molar-refractivity contribution in [1.82, 2.24) is 15.0 Å². The van der Waals surface area contributed by atoms with Gasteiger partial charge in [0.1, 0.15) is 6.04 Å². The van der Waals surface area contributed by atoms with Crippen LogP contribution >= 0.6 is 11.6 Å². The summed E-state index contributed by atoms with van der Waals surface area (Å²) in [5, 5.41) is 7.65. The van der Waals surface area contributed by atoms with Crippen LogP contribution in [0.2, 0.25) is 5.02 Å². The zero-order valence-electron chi connectivity index (χ0n) is 14.9. The predicted molar refractivity (Wildman–Crippen MR) is 104 cm³/mol. The third kappa shape index (κ3) is 3.66. The molecule has 0 radical (unpaired) electrons. The van der Waals surface area contributed by atoms with Crippen molar-refractivity contribution < 1.29 is 9.32 Å². The number of para-hydroxylation sites is 1. The number of aromatic nitrogens is 2. The van der Waals surface area contributed by atoms with E-state index in [0.717, 1.165) is 29.7 Å². The Morgan fingerprint density at radius 1 is 1.26 bits per heavy atom. The minimum atomic E-state index is -0.227. The molecule has 138 valence electrons. The molecule has 1 atom stereocenters. The molecule has 0 aliphatic carbocycles. The van der Waals surface area contributed by atoms with E-state index in [-0.39, 0.29) is 12.1 Å². The van der Waals surface area contributed by atoms with Crippen LogP contribution in [-0.4, -0.2) is 27.6 Å². The molecule has 4 rings (SSSR count). The van der Waals surface area contributed by atoms with Crippen molar-refractivity contribution in [2.45, 2.75) is 25.8 Å². The summed E-state index contributed by atoms with van der Waals surface area (Å²) in [6.07, 6.45) is 1.68. The van der Waals surface area contributed by atoms with E-state index in [2.05, 4.69) is 15.5 Å². The molecule has 2 heterocycles. The fourth-order valence-corrected chi connectivity index (χ4v) is 3.47. The number of nitrogens with zero attached hydrogens (tertiary/aromatic N) is 3. The smallest absolute Gasteiger partial charge is 0.322 e. The van der Waals surface area contributed by atoms with Crippen LogP contribution in [0.15, 0.2) is 53.1 Å². The molecule has 2 aromatic carbocycles. The molecule has 0 saturated carbocycles. The quantitative estimate of drug-likeness (QED) is 0.686. The maximum absolute atomic E-state index is 12.8. The Morgan fingerprint density at radius 2 is 2.11 bits per heavy atom. The van der Waals surface area contributed by atoms with E-state index in [0.29, 0.717) is 23.3 Å². The van der Waals surface area contributed by atoms with Gasteiger partial charge in [-0.15, -0.1) is 0 Å². The van der Waals surface area contributed by atoms with Gasteiger partial charge in [-0.3, -0.25) is 0 Å². The van der Waals surface area contributed by atoms with Crippen LogP contribution in [0, 0.1) is 6.92 Å². The van der Waals surface area contributed by atoms with Crippen LogP contribution in [0.5, 0.6) is 0 Å². The molecule has 1 aliphatic rings. The minimum absolute atomic E-state index is 0.158. The SMILES string of the molecule is Cc1ccccc1NC(=O)N1CCC[C@@H]1c1nc(-c2cccc(Cl)c2)no1. The maximum Gasteiger partial charge on any atom is 0.322 e. The molecule has 2 amide bonds. The first kappa shape index (κ1) is 17.5. The summed E-state index contributed by atoms with van der Waals surface area (Å²) in [5.74, 6) is 0.918. The van der Waals surface area contributed by atoms with Crippen molar-refractivity contribution in [3.63, 3.8) is 0 Å². The molecule has 27 heavy (non-hydrogen) atoms. The maximum atomic E-state index is 12.8. The number of rotatable bonds is 3. The van der Waals surface area contributed by atoms with E-state index in [4.69, 9.17) is 16.1 Å². The van der Waals surface area contributed by atoms with Gasteiger partial charge in [-0.25, -0.2) is 4.79 Å². The monoisotopic (exact) mass is 382 g/mol. The second-order valence-corrected chi connectivity index (χ2v) is 7.00. The molecule has 3 aromatic rings. The number of carbonyl (C=O) groups excluding carboxylic acids is 1. The van der Waals surface area contributed by atoms with E-state index < -0.39 is 0 Å². The molecule has 1 aromatic heterocycles. The highest BCUT2D eigenvalue weighted by Gasteiger charge is 2.34. The molecule has 1 fully saturated rings. The number of aryl methyl sites for hydroxylation is 1. The van der Waals surface area contributed by atoms with Gasteiger partial charge in [-0.1, -0.05) is 47.1 Å². The number of hydrogen-bond donors (Lipinski definition) is 1. The zero-order chi connectivity index (χ0) is 18.8. The summed E-state index contributed by atoms with van der Waals surface area (Å²) >= 11 is 6.04. The summed E-state index contributed by atoms with van der Waals surface area (Å²) in [7, 11) is 0. The van der Waals surface area contributed by atoms with Gasteiger partial charge in [0.25, 0.3) is 0 Å². The van der Waals surface area contributed by atoms with Crippen LogP contribution in [0.4, 0.5) is 10.5 Å². The highest BCUT2D eigenvalue weighted by molar-refractivity contribution is 6.30. The fourth-order valence-electron chi connectivity index (χ4n) is 3.28. The molecule has 6 nitrogen and oxygen atoms in total. The van der Waals surface area contributed by atoms with Gasteiger partial charge in [-0.05, 0) is 43.5 Å². The van der Waals surface area contributed by atoms with Gasteiger partial charge in [0.2, 0.25) is 11.7 Å². The van der Waals surface area contributed by atoms with Crippen LogP contribution in [0.1, 0.15) is 30.3 Å². The number of carbonyl (C=O) groups is 1. The highest BCUT2D eigenvalue weighted by atomic mass is 35.5. The molecule has 0 bridgehead atoms. The van der Waals surface area contributed by atoms with Crippen molar-refractivity contribution in [3.05, 3.63) is 65.0 Å². The number of amides is 2. The lowest BCUT2D eigenvalue weighted by Crippen LogP contribution is -2.34. The second-order valence-electron chi connectivity index (χ2n) is 6.56. The van der Waals surface area contributed by atoms with Gasteiger partial charge in [0.15, 0.2) is 0 Å². The van der Waals surface area contributed by atoms with Crippen LogP contribution in [-0.2, 0) is 0 Å². The van der Waals surface area contributed by atoms with Gasteiger partial charge in [0, 0.05) is 22.8 Å². The minimum Gasteiger partial charge on any atom is -0.337 e. The lowest BCUT2D eigenvalue weighted by atomic mass is 10.2. The fraction of sp³-hybridized carbons (Fsp3) is 0.250. The van der Waals surface area contributed by atoms with Crippen molar-refractivity contribution in [3.8, 4) is 11.4 Å².